The Morgan fingerprint density at radius 3 is 2.68 bits per heavy atom. The van der Waals surface area contributed by atoms with Crippen LogP contribution in [-0.2, 0) is 11.3 Å². The van der Waals surface area contributed by atoms with Crippen LogP contribution in [0.3, 0.4) is 0 Å². The van der Waals surface area contributed by atoms with Gasteiger partial charge < -0.3 is 19.3 Å². The minimum Gasteiger partial charge on any atom is -0.454 e. The number of aryl methyl sites for hydroxylation is 1. The Balaban J connectivity index is 1.36. The molecule has 2 fully saturated rings. The quantitative estimate of drug-likeness (QED) is 0.352. The first-order chi connectivity index (χ1) is 18.4. The van der Waals surface area contributed by atoms with Gasteiger partial charge >= 0.3 is 0 Å². The summed E-state index contributed by atoms with van der Waals surface area (Å²) in [5, 5.41) is 0. The average Bonchev–Trinajstić information content (AvgIpc) is 3.50. The Hall–Kier alpha value is -3.41. The lowest BCUT2D eigenvalue weighted by Crippen LogP contribution is -2.47. The zero-order chi connectivity index (χ0) is 26.4. The number of thiocarbonyl (C=S) groups is 1. The second kappa shape index (κ2) is 10.0. The van der Waals surface area contributed by atoms with Crippen LogP contribution in [0.4, 0.5) is 5.82 Å². The maximum atomic E-state index is 13.8. The molecule has 0 unspecified atom stereocenters. The van der Waals surface area contributed by atoms with E-state index in [2.05, 4.69) is 16.7 Å². The van der Waals surface area contributed by atoms with Crippen LogP contribution >= 0.6 is 24.0 Å². The van der Waals surface area contributed by atoms with Crippen molar-refractivity contribution in [1.82, 2.24) is 19.2 Å². The van der Waals surface area contributed by atoms with Crippen molar-refractivity contribution >= 4 is 51.7 Å². The summed E-state index contributed by atoms with van der Waals surface area (Å²) in [6.07, 6.45) is 3.39. The van der Waals surface area contributed by atoms with Crippen molar-refractivity contribution in [2.24, 2.45) is 0 Å². The number of nitrogens with zero attached hydrogens (tertiary/aromatic N) is 5. The summed E-state index contributed by atoms with van der Waals surface area (Å²) in [7, 11) is 0. The molecule has 0 radical (unpaired) electrons. The van der Waals surface area contributed by atoms with Gasteiger partial charge in [-0.1, -0.05) is 43.0 Å². The van der Waals surface area contributed by atoms with Gasteiger partial charge in [0.2, 0.25) is 6.79 Å². The zero-order valence-corrected chi connectivity index (χ0v) is 22.8. The van der Waals surface area contributed by atoms with E-state index in [-0.39, 0.29) is 18.3 Å². The fourth-order valence-corrected chi connectivity index (χ4v) is 6.17. The lowest BCUT2D eigenvalue weighted by molar-refractivity contribution is -0.122. The van der Waals surface area contributed by atoms with Gasteiger partial charge in [0.05, 0.1) is 17.0 Å². The summed E-state index contributed by atoms with van der Waals surface area (Å²) >= 11 is 6.79. The largest absolute Gasteiger partial charge is 0.454 e. The number of fused-ring (bicyclic) bond motifs is 2. The Morgan fingerprint density at radius 2 is 1.89 bits per heavy atom. The highest BCUT2D eigenvalue weighted by Crippen LogP contribution is 2.37. The van der Waals surface area contributed by atoms with E-state index >= 15 is 0 Å². The summed E-state index contributed by atoms with van der Waals surface area (Å²) in [5.41, 5.74) is 2.62. The fraction of sp³-hybridized carbons (Fsp3) is 0.333. The first-order valence-corrected chi connectivity index (χ1v) is 13.8. The van der Waals surface area contributed by atoms with Gasteiger partial charge in [-0.2, -0.15) is 0 Å². The molecule has 11 heteroatoms. The molecule has 5 heterocycles. The van der Waals surface area contributed by atoms with Crippen LogP contribution in [0, 0.1) is 6.92 Å². The maximum absolute atomic E-state index is 13.8. The number of ether oxygens (including phenoxy) is 2. The standard InChI is InChI=1S/C27H27N5O4S2/c1-3-29-9-11-30(12-10-29)24-19(25(33)31-8-4-5-17(2)23(31)28-24)14-22-26(34)32(27(37)38-22)15-18-6-7-20-21(13-18)36-16-35-20/h4-8,13-14H,3,9-12,15-16H2,1-2H3. The van der Waals surface area contributed by atoms with Gasteiger partial charge in [-0.15, -0.1) is 0 Å². The number of hydrogen-bond acceptors (Lipinski definition) is 9. The van der Waals surface area contributed by atoms with E-state index in [4.69, 9.17) is 26.7 Å². The highest BCUT2D eigenvalue weighted by atomic mass is 32.2. The number of amides is 1. The van der Waals surface area contributed by atoms with Crippen LogP contribution in [0.5, 0.6) is 11.5 Å². The number of thioether (sulfide) groups is 1. The molecule has 2 saturated heterocycles. The Morgan fingerprint density at radius 1 is 1.11 bits per heavy atom. The second-order valence-electron chi connectivity index (χ2n) is 9.42. The van der Waals surface area contributed by atoms with Crippen LogP contribution in [0.2, 0.25) is 0 Å². The summed E-state index contributed by atoms with van der Waals surface area (Å²) in [4.78, 5) is 38.7. The highest BCUT2D eigenvalue weighted by molar-refractivity contribution is 8.26. The van der Waals surface area contributed by atoms with Crippen molar-refractivity contribution in [3.8, 4) is 11.5 Å². The van der Waals surface area contributed by atoms with Gasteiger partial charge in [0.1, 0.15) is 15.8 Å². The van der Waals surface area contributed by atoms with Crippen LogP contribution in [0.15, 0.2) is 46.2 Å². The van der Waals surface area contributed by atoms with Gasteiger partial charge in [-0.3, -0.25) is 18.9 Å². The molecule has 1 amide bonds. The van der Waals surface area contributed by atoms with Crippen LogP contribution in [-0.4, -0.2) is 68.9 Å². The maximum Gasteiger partial charge on any atom is 0.267 e. The van der Waals surface area contributed by atoms with E-state index in [1.165, 1.54) is 11.8 Å². The molecule has 0 atom stereocenters. The van der Waals surface area contributed by atoms with Crippen molar-refractivity contribution < 1.29 is 14.3 Å². The molecule has 3 aromatic rings. The van der Waals surface area contributed by atoms with Gasteiger partial charge in [0.25, 0.3) is 11.5 Å². The number of carbonyl (C=O) groups excluding carboxylic acids is 1. The zero-order valence-electron chi connectivity index (χ0n) is 21.2. The first kappa shape index (κ1) is 24.9. The Kier molecular flexibility index (Phi) is 6.58. The molecule has 9 nitrogen and oxygen atoms in total. The van der Waals surface area contributed by atoms with E-state index in [1.54, 1.807) is 21.6 Å². The number of rotatable bonds is 5. The fourth-order valence-electron chi connectivity index (χ4n) is 4.93. The van der Waals surface area contributed by atoms with E-state index in [0.29, 0.717) is 44.3 Å². The van der Waals surface area contributed by atoms with E-state index < -0.39 is 0 Å². The normalized spacial score (nSPS) is 18.8. The third-order valence-corrected chi connectivity index (χ3v) is 8.49. The number of hydrogen-bond donors (Lipinski definition) is 0. The van der Waals surface area contributed by atoms with Crippen molar-refractivity contribution in [2.45, 2.75) is 20.4 Å². The monoisotopic (exact) mass is 549 g/mol. The number of anilines is 1. The summed E-state index contributed by atoms with van der Waals surface area (Å²) in [6.45, 7) is 8.87. The van der Waals surface area contributed by atoms with Gasteiger partial charge in [0.15, 0.2) is 11.5 Å². The lowest BCUT2D eigenvalue weighted by atomic mass is 10.2. The third kappa shape index (κ3) is 4.44. The highest BCUT2D eigenvalue weighted by Gasteiger charge is 2.33. The number of carbonyl (C=O) groups is 1. The number of pyridine rings is 1. The minimum absolute atomic E-state index is 0.188. The SMILES string of the molecule is CCN1CCN(c2nc3c(C)cccn3c(=O)c2C=C2SC(=S)N(Cc3ccc4c(c3)OCO4)C2=O)CC1. The molecule has 0 N–H and O–H groups in total. The molecule has 3 aliphatic rings. The molecule has 6 rings (SSSR count). The Bertz CT molecular complexity index is 1540. The van der Waals surface area contributed by atoms with Crippen molar-refractivity contribution in [3.63, 3.8) is 0 Å². The molecule has 0 bridgehead atoms. The van der Waals surface area contributed by atoms with Crippen molar-refractivity contribution in [1.29, 1.82) is 0 Å². The van der Waals surface area contributed by atoms with Crippen molar-refractivity contribution in [3.05, 3.63) is 68.5 Å². The van der Waals surface area contributed by atoms with E-state index in [9.17, 15) is 9.59 Å². The van der Waals surface area contributed by atoms with Crippen LogP contribution in [0.25, 0.3) is 11.7 Å². The third-order valence-electron chi connectivity index (χ3n) is 7.11. The molecule has 38 heavy (non-hydrogen) atoms. The topological polar surface area (TPSA) is 79.6 Å². The van der Waals surface area contributed by atoms with E-state index in [0.717, 1.165) is 43.9 Å². The lowest BCUT2D eigenvalue weighted by Gasteiger charge is -2.35. The molecular weight excluding hydrogens is 522 g/mol. The van der Waals surface area contributed by atoms with Gasteiger partial charge in [-0.05, 0) is 48.9 Å². The van der Waals surface area contributed by atoms with Gasteiger partial charge in [0, 0.05) is 32.4 Å². The molecule has 1 aromatic carbocycles. The Labute approximate surface area is 229 Å². The van der Waals surface area contributed by atoms with E-state index in [1.807, 2.05) is 37.3 Å². The molecule has 196 valence electrons. The average molecular weight is 550 g/mol. The summed E-state index contributed by atoms with van der Waals surface area (Å²) in [6, 6.07) is 9.37. The number of benzene rings is 1. The molecule has 0 saturated carbocycles. The molecule has 3 aliphatic heterocycles. The predicted molar refractivity (Wildman–Crippen MR) is 152 cm³/mol. The van der Waals surface area contributed by atoms with Gasteiger partial charge in [-0.25, -0.2) is 4.98 Å². The summed E-state index contributed by atoms with van der Waals surface area (Å²) < 4.78 is 12.9. The second-order valence-corrected chi connectivity index (χ2v) is 11.1. The number of likely N-dealkylation sites (N-methyl/N-ethyl adjacent to an activating group) is 1. The summed E-state index contributed by atoms with van der Waals surface area (Å²) in [5.74, 6) is 1.72. The number of aromatic nitrogens is 2. The van der Waals surface area contributed by atoms with Crippen LogP contribution < -0.4 is 19.9 Å². The first-order valence-electron chi connectivity index (χ1n) is 12.6. The molecule has 0 spiro atoms. The molecular formula is C27H27N5O4S2. The number of piperazine rings is 1. The molecule has 2 aromatic heterocycles. The van der Waals surface area contributed by atoms with Crippen LogP contribution in [0.1, 0.15) is 23.6 Å². The van der Waals surface area contributed by atoms with Crippen molar-refractivity contribution in [2.75, 3.05) is 44.4 Å². The smallest absolute Gasteiger partial charge is 0.267 e. The minimum atomic E-state index is -0.229. The molecule has 0 aliphatic carbocycles. The predicted octanol–water partition coefficient (Wildman–Crippen LogP) is 3.27.